The normalized spacial score (nSPS) is 10.8. The molecule has 5 heteroatoms. The Morgan fingerprint density at radius 2 is 2.24 bits per heavy atom. The molecule has 1 heterocycles. The number of amides is 1. The van der Waals surface area contributed by atoms with Crippen LogP contribution in [0.25, 0.3) is 0 Å². The second-order valence-electron chi connectivity index (χ2n) is 4.49. The molecule has 0 saturated heterocycles. The van der Waals surface area contributed by atoms with E-state index in [2.05, 4.69) is 29.3 Å². The van der Waals surface area contributed by atoms with Crippen molar-refractivity contribution in [2.75, 3.05) is 27.2 Å². The Hall–Kier alpha value is -1.36. The number of carbonyl (C=O) groups excluding carboxylic acids is 1. The van der Waals surface area contributed by atoms with Crippen LogP contribution in [0.3, 0.4) is 0 Å². The minimum atomic E-state index is 0.0455. The fraction of sp³-hybridized carbons (Fsp3) is 0.667. The molecule has 0 unspecified atom stereocenters. The summed E-state index contributed by atoms with van der Waals surface area (Å²) in [6.07, 6.45) is 6.04. The maximum Gasteiger partial charge on any atom is 0.227 e. The highest BCUT2D eigenvalue weighted by Crippen LogP contribution is 1.95. The lowest BCUT2D eigenvalue weighted by molar-refractivity contribution is -0.120. The van der Waals surface area contributed by atoms with E-state index in [-0.39, 0.29) is 5.91 Å². The number of rotatable bonds is 7. The number of carbonyl (C=O) groups is 1. The highest BCUT2D eigenvalue weighted by atomic mass is 16.1. The maximum atomic E-state index is 11.6. The number of hydrogen-bond acceptors (Lipinski definition) is 3. The molecule has 0 aromatic carbocycles. The molecule has 0 spiro atoms. The molecule has 0 fully saturated rings. The van der Waals surface area contributed by atoms with Crippen molar-refractivity contribution in [2.45, 2.75) is 19.3 Å². The summed E-state index contributed by atoms with van der Waals surface area (Å²) in [5.41, 5.74) is 0. The van der Waals surface area contributed by atoms with E-state index in [4.69, 9.17) is 0 Å². The van der Waals surface area contributed by atoms with Gasteiger partial charge in [-0.2, -0.15) is 0 Å². The van der Waals surface area contributed by atoms with E-state index in [1.807, 2.05) is 17.8 Å². The van der Waals surface area contributed by atoms with Gasteiger partial charge in [0.25, 0.3) is 0 Å². The van der Waals surface area contributed by atoms with Gasteiger partial charge in [-0.05, 0) is 33.5 Å². The van der Waals surface area contributed by atoms with Crippen molar-refractivity contribution in [1.29, 1.82) is 0 Å². The first kappa shape index (κ1) is 13.7. The third kappa shape index (κ3) is 5.49. The topological polar surface area (TPSA) is 50.2 Å². The van der Waals surface area contributed by atoms with Gasteiger partial charge in [-0.15, -0.1) is 0 Å². The van der Waals surface area contributed by atoms with Crippen LogP contribution in [0.2, 0.25) is 0 Å². The Balaban J connectivity index is 2.12. The molecule has 0 aliphatic heterocycles. The first-order valence-electron chi connectivity index (χ1n) is 5.97. The van der Waals surface area contributed by atoms with Crippen LogP contribution >= 0.6 is 0 Å². The van der Waals surface area contributed by atoms with Gasteiger partial charge in [0.1, 0.15) is 5.82 Å². The van der Waals surface area contributed by atoms with Gasteiger partial charge in [-0.3, -0.25) is 4.79 Å². The number of aromatic nitrogens is 2. The minimum Gasteiger partial charge on any atom is -0.356 e. The van der Waals surface area contributed by atoms with Crippen LogP contribution in [0, 0.1) is 0 Å². The van der Waals surface area contributed by atoms with Crippen molar-refractivity contribution in [3.05, 3.63) is 18.2 Å². The zero-order valence-electron chi connectivity index (χ0n) is 10.9. The fourth-order valence-electron chi connectivity index (χ4n) is 1.55. The standard InChI is InChI=1S/C12H22N4O/c1-15(2)8-5-4-6-14-12(17)10-11-13-7-9-16(11)3/h7,9H,4-6,8,10H2,1-3H3,(H,14,17). The molecular formula is C12H22N4O. The molecule has 96 valence electrons. The molecule has 0 bridgehead atoms. The third-order valence-electron chi connectivity index (χ3n) is 2.59. The zero-order chi connectivity index (χ0) is 12.7. The molecule has 1 rings (SSSR count). The zero-order valence-corrected chi connectivity index (χ0v) is 10.9. The highest BCUT2D eigenvalue weighted by molar-refractivity contribution is 5.77. The van der Waals surface area contributed by atoms with Gasteiger partial charge in [0.05, 0.1) is 6.42 Å². The summed E-state index contributed by atoms with van der Waals surface area (Å²) < 4.78 is 1.87. The summed E-state index contributed by atoms with van der Waals surface area (Å²) >= 11 is 0. The minimum absolute atomic E-state index is 0.0455. The molecule has 5 nitrogen and oxygen atoms in total. The van der Waals surface area contributed by atoms with Gasteiger partial charge in [0.15, 0.2) is 0 Å². The average molecular weight is 238 g/mol. The van der Waals surface area contributed by atoms with Crippen molar-refractivity contribution in [3.8, 4) is 0 Å². The largest absolute Gasteiger partial charge is 0.356 e. The number of hydrogen-bond donors (Lipinski definition) is 1. The van der Waals surface area contributed by atoms with E-state index < -0.39 is 0 Å². The number of imidazole rings is 1. The van der Waals surface area contributed by atoms with Crippen LogP contribution in [-0.4, -0.2) is 47.5 Å². The molecular weight excluding hydrogens is 216 g/mol. The van der Waals surface area contributed by atoms with Gasteiger partial charge < -0.3 is 14.8 Å². The lowest BCUT2D eigenvalue weighted by Gasteiger charge is -2.09. The van der Waals surface area contributed by atoms with Crippen LogP contribution in [0.1, 0.15) is 18.7 Å². The van der Waals surface area contributed by atoms with Crippen LogP contribution in [0.5, 0.6) is 0 Å². The summed E-state index contributed by atoms with van der Waals surface area (Å²) in [5, 5.41) is 2.91. The molecule has 1 amide bonds. The summed E-state index contributed by atoms with van der Waals surface area (Å²) in [7, 11) is 6.01. The van der Waals surface area contributed by atoms with Gasteiger partial charge in [0.2, 0.25) is 5.91 Å². The van der Waals surface area contributed by atoms with Gasteiger partial charge in [0, 0.05) is 26.0 Å². The maximum absolute atomic E-state index is 11.6. The monoisotopic (exact) mass is 238 g/mol. The molecule has 0 aliphatic carbocycles. The number of unbranched alkanes of at least 4 members (excludes halogenated alkanes) is 1. The quantitative estimate of drug-likeness (QED) is 0.700. The lowest BCUT2D eigenvalue weighted by atomic mass is 10.3. The second kappa shape index (κ2) is 7.06. The van der Waals surface area contributed by atoms with E-state index in [9.17, 15) is 4.79 Å². The Morgan fingerprint density at radius 3 is 2.82 bits per heavy atom. The Kier molecular flexibility index (Phi) is 5.69. The van der Waals surface area contributed by atoms with Crippen molar-refractivity contribution in [1.82, 2.24) is 19.8 Å². The Labute approximate surface area is 103 Å². The Morgan fingerprint density at radius 1 is 1.47 bits per heavy atom. The van der Waals surface area contributed by atoms with Crippen molar-refractivity contribution < 1.29 is 4.79 Å². The first-order valence-corrected chi connectivity index (χ1v) is 5.97. The SMILES string of the molecule is CN(C)CCCCNC(=O)Cc1nccn1C. The van der Waals surface area contributed by atoms with Crippen LogP contribution < -0.4 is 5.32 Å². The summed E-state index contributed by atoms with van der Waals surface area (Å²) in [6.45, 7) is 1.81. The highest BCUT2D eigenvalue weighted by Gasteiger charge is 2.06. The summed E-state index contributed by atoms with van der Waals surface area (Å²) in [4.78, 5) is 17.9. The molecule has 1 aromatic heterocycles. The van der Waals surface area contributed by atoms with Gasteiger partial charge in [-0.25, -0.2) is 4.98 Å². The Bertz CT molecular complexity index is 346. The van der Waals surface area contributed by atoms with Crippen LogP contribution in [0.15, 0.2) is 12.4 Å². The molecule has 0 aliphatic rings. The lowest BCUT2D eigenvalue weighted by Crippen LogP contribution is -2.27. The number of nitrogens with zero attached hydrogens (tertiary/aromatic N) is 3. The summed E-state index contributed by atoms with van der Waals surface area (Å²) in [5.74, 6) is 0.847. The van der Waals surface area contributed by atoms with E-state index in [1.54, 1.807) is 6.20 Å². The molecule has 17 heavy (non-hydrogen) atoms. The third-order valence-corrected chi connectivity index (χ3v) is 2.59. The van der Waals surface area contributed by atoms with Crippen LogP contribution in [-0.2, 0) is 18.3 Å². The van der Waals surface area contributed by atoms with E-state index in [0.29, 0.717) is 6.42 Å². The van der Waals surface area contributed by atoms with E-state index in [1.165, 1.54) is 0 Å². The molecule has 0 radical (unpaired) electrons. The first-order chi connectivity index (χ1) is 8.09. The molecule has 1 aromatic rings. The van der Waals surface area contributed by atoms with Gasteiger partial charge >= 0.3 is 0 Å². The van der Waals surface area contributed by atoms with E-state index in [0.717, 1.165) is 31.8 Å². The molecule has 0 saturated carbocycles. The number of nitrogens with one attached hydrogen (secondary N) is 1. The molecule has 1 N–H and O–H groups in total. The number of aryl methyl sites for hydroxylation is 1. The summed E-state index contributed by atoms with van der Waals surface area (Å²) in [6, 6.07) is 0. The molecule has 0 atom stereocenters. The average Bonchev–Trinajstić information content (AvgIpc) is 2.63. The fourth-order valence-corrected chi connectivity index (χ4v) is 1.55. The van der Waals surface area contributed by atoms with E-state index >= 15 is 0 Å². The van der Waals surface area contributed by atoms with Crippen molar-refractivity contribution >= 4 is 5.91 Å². The van der Waals surface area contributed by atoms with Gasteiger partial charge in [-0.1, -0.05) is 0 Å². The smallest absolute Gasteiger partial charge is 0.227 e. The van der Waals surface area contributed by atoms with Crippen molar-refractivity contribution in [2.24, 2.45) is 7.05 Å². The second-order valence-corrected chi connectivity index (χ2v) is 4.49. The predicted octanol–water partition coefficient (Wildman–Crippen LogP) is 0.421. The van der Waals surface area contributed by atoms with Crippen LogP contribution in [0.4, 0.5) is 0 Å². The predicted molar refractivity (Wildman–Crippen MR) is 67.7 cm³/mol. The van der Waals surface area contributed by atoms with Crippen molar-refractivity contribution in [3.63, 3.8) is 0 Å².